The molecule has 1 atom stereocenters. The molecular weight excluding hydrogens is 332 g/mol. The van der Waals surface area contributed by atoms with Gasteiger partial charge in [-0.25, -0.2) is 4.79 Å². The number of methoxy groups -OCH3 is 1. The van der Waals surface area contributed by atoms with Crippen LogP contribution in [0.4, 0.5) is 10.5 Å². The quantitative estimate of drug-likeness (QED) is 0.758. The van der Waals surface area contributed by atoms with Crippen molar-refractivity contribution in [2.45, 2.75) is 25.3 Å². The van der Waals surface area contributed by atoms with Gasteiger partial charge in [0.1, 0.15) is 11.3 Å². The number of imide groups is 1. The van der Waals surface area contributed by atoms with Crippen molar-refractivity contribution in [1.29, 1.82) is 0 Å². The number of ether oxygens (including phenoxy) is 1. The van der Waals surface area contributed by atoms with E-state index in [1.807, 2.05) is 12.1 Å². The van der Waals surface area contributed by atoms with Gasteiger partial charge in [-0.2, -0.15) is 0 Å². The van der Waals surface area contributed by atoms with Gasteiger partial charge >= 0.3 is 6.03 Å². The number of hydrogen-bond acceptors (Lipinski definition) is 5. The Hall–Kier alpha value is -2.70. The molecule has 2 aliphatic rings. The van der Waals surface area contributed by atoms with Gasteiger partial charge in [-0.15, -0.1) is 0 Å². The van der Waals surface area contributed by atoms with Crippen molar-refractivity contribution in [2.24, 2.45) is 0 Å². The van der Waals surface area contributed by atoms with Crippen molar-refractivity contribution >= 4 is 17.6 Å². The number of allylic oxidation sites excluding steroid dienone is 1. The molecule has 1 aromatic carbocycles. The van der Waals surface area contributed by atoms with E-state index in [0.717, 1.165) is 37.6 Å². The molecule has 2 aliphatic heterocycles. The van der Waals surface area contributed by atoms with Gasteiger partial charge in [-0.3, -0.25) is 10.1 Å². The van der Waals surface area contributed by atoms with E-state index in [2.05, 4.69) is 39.1 Å². The van der Waals surface area contributed by atoms with Crippen LogP contribution < -0.4 is 20.3 Å². The Morgan fingerprint density at radius 2 is 1.85 bits per heavy atom. The third kappa shape index (κ3) is 3.76. The van der Waals surface area contributed by atoms with Crippen LogP contribution in [0.2, 0.25) is 0 Å². The monoisotopic (exact) mass is 358 g/mol. The Balaban J connectivity index is 1.49. The Labute approximate surface area is 154 Å². The van der Waals surface area contributed by atoms with Crippen molar-refractivity contribution < 1.29 is 14.3 Å². The SMILES string of the molecule is C=C(CCC1(C)NC(=O)NC1=O)N1CCN(c2ccc(OC)cc2)CC1. The number of urea groups is 1. The van der Waals surface area contributed by atoms with Crippen LogP contribution in [0, 0.1) is 0 Å². The lowest BCUT2D eigenvalue weighted by Crippen LogP contribution is -2.47. The minimum Gasteiger partial charge on any atom is -0.497 e. The molecule has 7 heteroatoms. The Bertz CT molecular complexity index is 695. The molecule has 0 bridgehead atoms. The standard InChI is InChI=1S/C19H26N4O3/c1-14(8-9-19(2)17(24)20-18(25)21-19)22-10-12-23(13-11-22)15-4-6-16(26-3)7-5-15/h4-7H,1,8-13H2,2-3H3,(H2,20,21,24,25). The van der Waals surface area contributed by atoms with Gasteiger partial charge in [0.15, 0.2) is 0 Å². The zero-order valence-electron chi connectivity index (χ0n) is 15.4. The smallest absolute Gasteiger partial charge is 0.322 e. The molecule has 0 radical (unpaired) electrons. The number of carbonyl (C=O) groups excluding carboxylic acids is 2. The Morgan fingerprint density at radius 1 is 1.19 bits per heavy atom. The van der Waals surface area contributed by atoms with E-state index in [1.54, 1.807) is 14.0 Å². The molecule has 2 N–H and O–H groups in total. The van der Waals surface area contributed by atoms with Crippen molar-refractivity contribution in [3.63, 3.8) is 0 Å². The second kappa shape index (κ2) is 7.27. The molecule has 3 amide bonds. The van der Waals surface area contributed by atoms with Gasteiger partial charge in [-0.05, 0) is 44.0 Å². The number of nitrogens with zero attached hydrogens (tertiary/aromatic N) is 2. The summed E-state index contributed by atoms with van der Waals surface area (Å²) < 4.78 is 5.20. The summed E-state index contributed by atoms with van der Waals surface area (Å²) in [5.41, 5.74) is 1.36. The summed E-state index contributed by atoms with van der Waals surface area (Å²) in [7, 11) is 1.67. The fourth-order valence-electron chi connectivity index (χ4n) is 3.38. The lowest BCUT2D eigenvalue weighted by molar-refractivity contribution is -0.123. The van der Waals surface area contributed by atoms with Gasteiger partial charge < -0.3 is 19.9 Å². The number of hydrogen-bond donors (Lipinski definition) is 2. The molecule has 0 aromatic heterocycles. The second-order valence-corrected chi connectivity index (χ2v) is 6.98. The number of amides is 3. The molecule has 3 rings (SSSR count). The lowest BCUT2D eigenvalue weighted by atomic mass is 9.95. The molecular formula is C19H26N4O3. The van der Waals surface area contributed by atoms with E-state index < -0.39 is 11.6 Å². The first kappa shape index (κ1) is 18.1. The minimum atomic E-state index is -0.842. The fourth-order valence-corrected chi connectivity index (χ4v) is 3.38. The van der Waals surface area contributed by atoms with Crippen LogP contribution in [-0.2, 0) is 4.79 Å². The van der Waals surface area contributed by atoms with Gasteiger partial charge in [0, 0.05) is 37.6 Å². The number of anilines is 1. The molecule has 2 fully saturated rings. The van der Waals surface area contributed by atoms with Crippen LogP contribution in [0.5, 0.6) is 5.75 Å². The molecule has 7 nitrogen and oxygen atoms in total. The number of nitrogens with one attached hydrogen (secondary N) is 2. The van der Waals surface area contributed by atoms with Crippen molar-refractivity contribution in [3.05, 3.63) is 36.5 Å². The van der Waals surface area contributed by atoms with E-state index in [0.29, 0.717) is 12.8 Å². The number of carbonyl (C=O) groups is 2. The highest BCUT2D eigenvalue weighted by Gasteiger charge is 2.41. The maximum atomic E-state index is 11.9. The first-order valence-corrected chi connectivity index (χ1v) is 8.86. The zero-order chi connectivity index (χ0) is 18.7. The topological polar surface area (TPSA) is 73.9 Å². The summed E-state index contributed by atoms with van der Waals surface area (Å²) >= 11 is 0. The van der Waals surface area contributed by atoms with E-state index in [1.165, 1.54) is 5.69 Å². The first-order chi connectivity index (χ1) is 12.4. The molecule has 2 heterocycles. The molecule has 26 heavy (non-hydrogen) atoms. The Morgan fingerprint density at radius 3 is 2.38 bits per heavy atom. The van der Waals surface area contributed by atoms with Crippen LogP contribution in [0.25, 0.3) is 0 Å². The van der Waals surface area contributed by atoms with E-state index in [9.17, 15) is 9.59 Å². The predicted octanol–water partition coefficient (Wildman–Crippen LogP) is 1.71. The van der Waals surface area contributed by atoms with E-state index >= 15 is 0 Å². The van der Waals surface area contributed by atoms with Crippen LogP contribution in [0.3, 0.4) is 0 Å². The third-order valence-electron chi connectivity index (χ3n) is 5.20. The molecule has 2 saturated heterocycles. The molecule has 0 spiro atoms. The lowest BCUT2D eigenvalue weighted by Gasteiger charge is -2.38. The Kier molecular flexibility index (Phi) is 5.06. The van der Waals surface area contributed by atoms with Crippen LogP contribution in [0.15, 0.2) is 36.5 Å². The highest BCUT2D eigenvalue weighted by molar-refractivity contribution is 6.06. The summed E-state index contributed by atoms with van der Waals surface area (Å²) in [6, 6.07) is 7.68. The summed E-state index contributed by atoms with van der Waals surface area (Å²) in [5, 5.41) is 4.99. The summed E-state index contributed by atoms with van der Waals surface area (Å²) in [5.74, 6) is 0.594. The van der Waals surface area contributed by atoms with Gasteiger partial charge in [-0.1, -0.05) is 6.58 Å². The van der Waals surface area contributed by atoms with Crippen LogP contribution in [-0.4, -0.2) is 55.7 Å². The zero-order valence-corrected chi connectivity index (χ0v) is 15.4. The highest BCUT2D eigenvalue weighted by atomic mass is 16.5. The summed E-state index contributed by atoms with van der Waals surface area (Å²) in [4.78, 5) is 27.8. The predicted molar refractivity (Wildman–Crippen MR) is 100 cm³/mol. The molecule has 140 valence electrons. The minimum absolute atomic E-state index is 0.264. The van der Waals surface area contributed by atoms with Crippen molar-refractivity contribution in [1.82, 2.24) is 15.5 Å². The average Bonchev–Trinajstić information content (AvgIpc) is 2.92. The molecule has 0 aliphatic carbocycles. The number of rotatable bonds is 6. The fraction of sp³-hybridized carbons (Fsp3) is 0.474. The summed E-state index contributed by atoms with van der Waals surface area (Å²) in [6.07, 6.45) is 1.22. The normalized spacial score (nSPS) is 22.8. The third-order valence-corrected chi connectivity index (χ3v) is 5.20. The maximum Gasteiger partial charge on any atom is 0.322 e. The first-order valence-electron chi connectivity index (χ1n) is 8.86. The largest absolute Gasteiger partial charge is 0.497 e. The van der Waals surface area contributed by atoms with Crippen molar-refractivity contribution in [3.8, 4) is 5.75 Å². The molecule has 1 aromatic rings. The van der Waals surface area contributed by atoms with E-state index in [-0.39, 0.29) is 5.91 Å². The highest BCUT2D eigenvalue weighted by Crippen LogP contribution is 2.24. The number of piperazine rings is 1. The average molecular weight is 358 g/mol. The van der Waals surface area contributed by atoms with Gasteiger partial charge in [0.2, 0.25) is 0 Å². The van der Waals surface area contributed by atoms with Crippen molar-refractivity contribution in [2.75, 3.05) is 38.2 Å². The van der Waals surface area contributed by atoms with Gasteiger partial charge in [0.05, 0.1) is 7.11 Å². The second-order valence-electron chi connectivity index (χ2n) is 6.98. The van der Waals surface area contributed by atoms with Crippen LogP contribution >= 0.6 is 0 Å². The molecule has 1 unspecified atom stereocenters. The maximum absolute atomic E-state index is 11.9. The number of benzene rings is 1. The van der Waals surface area contributed by atoms with E-state index in [4.69, 9.17) is 4.74 Å². The van der Waals surface area contributed by atoms with Crippen LogP contribution in [0.1, 0.15) is 19.8 Å². The molecule has 0 saturated carbocycles. The summed E-state index contributed by atoms with van der Waals surface area (Å²) in [6.45, 7) is 9.54. The van der Waals surface area contributed by atoms with Gasteiger partial charge in [0.25, 0.3) is 5.91 Å².